The van der Waals surface area contributed by atoms with Crippen LogP contribution in [0.4, 0.5) is 0 Å². The lowest BCUT2D eigenvalue weighted by Crippen LogP contribution is -2.37. The van der Waals surface area contributed by atoms with Gasteiger partial charge in [-0.2, -0.15) is 0 Å². The summed E-state index contributed by atoms with van der Waals surface area (Å²) in [6.07, 6.45) is 10.4. The average Bonchev–Trinajstić information content (AvgIpc) is 2.73. The summed E-state index contributed by atoms with van der Waals surface area (Å²) in [4.78, 5) is 25.9. The van der Waals surface area contributed by atoms with Gasteiger partial charge >= 0.3 is 0 Å². The van der Waals surface area contributed by atoms with E-state index < -0.39 is 0 Å². The summed E-state index contributed by atoms with van der Waals surface area (Å²) in [6, 6.07) is -0.319. The second-order valence-electron chi connectivity index (χ2n) is 7.44. The van der Waals surface area contributed by atoms with Gasteiger partial charge in [-0.3, -0.25) is 9.59 Å². The second kappa shape index (κ2) is 10.5. The Morgan fingerprint density at radius 3 is 2.12 bits per heavy atom. The largest absolute Gasteiger partial charge is 0.509 e. The minimum atomic E-state index is -0.329. The number of hydrogen-bond donors (Lipinski definition) is 1. The molecular formula is C20H35NO3. The molecule has 1 heterocycles. The fraction of sp³-hybridized carbons (Fsp3) is 0.800. The third kappa shape index (κ3) is 5.95. The first kappa shape index (κ1) is 20.7. The smallest absolute Gasteiger partial charge is 0.261 e. The van der Waals surface area contributed by atoms with Crippen molar-refractivity contribution in [2.24, 2.45) is 5.92 Å². The lowest BCUT2D eigenvalue weighted by atomic mass is 10.0. The quantitative estimate of drug-likeness (QED) is 0.411. The molecule has 0 radical (unpaired) electrons. The summed E-state index contributed by atoms with van der Waals surface area (Å²) in [5, 5.41) is 10.3. The number of rotatable bonds is 12. The van der Waals surface area contributed by atoms with Crippen LogP contribution in [0.15, 0.2) is 11.3 Å². The van der Waals surface area contributed by atoms with E-state index in [4.69, 9.17) is 0 Å². The molecule has 1 aliphatic heterocycles. The molecule has 0 aromatic heterocycles. The van der Waals surface area contributed by atoms with Crippen LogP contribution in [0.5, 0.6) is 0 Å². The Morgan fingerprint density at radius 2 is 1.62 bits per heavy atom. The maximum Gasteiger partial charge on any atom is 0.261 e. The first-order valence-electron chi connectivity index (χ1n) is 9.65. The highest BCUT2D eigenvalue weighted by Crippen LogP contribution is 2.29. The Labute approximate surface area is 147 Å². The number of aliphatic hydroxyl groups is 1. The number of unbranched alkanes of at least 4 members (excludes halogenated alkanes) is 7. The number of nitrogens with zero attached hydrogens (tertiary/aromatic N) is 1. The molecule has 4 heteroatoms. The van der Waals surface area contributed by atoms with Crippen molar-refractivity contribution >= 4 is 11.7 Å². The van der Waals surface area contributed by atoms with Crippen molar-refractivity contribution in [3.8, 4) is 0 Å². The van der Waals surface area contributed by atoms with Crippen LogP contribution >= 0.6 is 0 Å². The molecule has 4 nitrogen and oxygen atoms in total. The van der Waals surface area contributed by atoms with Crippen LogP contribution in [-0.2, 0) is 9.59 Å². The van der Waals surface area contributed by atoms with Crippen LogP contribution in [-0.4, -0.2) is 34.3 Å². The van der Waals surface area contributed by atoms with Crippen molar-refractivity contribution in [2.75, 3.05) is 6.54 Å². The highest BCUT2D eigenvalue weighted by atomic mass is 16.3. The van der Waals surface area contributed by atoms with Crippen LogP contribution in [0, 0.1) is 5.92 Å². The zero-order chi connectivity index (χ0) is 18.1. The Balaban J connectivity index is 2.47. The van der Waals surface area contributed by atoms with E-state index in [2.05, 4.69) is 20.8 Å². The predicted octanol–water partition coefficient (Wildman–Crippen LogP) is 4.79. The van der Waals surface area contributed by atoms with E-state index in [0.717, 1.165) is 12.8 Å². The molecule has 0 unspecified atom stereocenters. The van der Waals surface area contributed by atoms with Crippen LogP contribution in [0.3, 0.4) is 0 Å². The maximum atomic E-state index is 12.5. The minimum absolute atomic E-state index is 0.000200. The molecule has 1 rings (SSSR count). The van der Waals surface area contributed by atoms with Gasteiger partial charge in [0.05, 0.1) is 6.04 Å². The molecule has 0 aromatic carbocycles. The number of ketones is 1. The standard InChI is InChI=1S/C20H35NO3/c1-5-6-7-8-9-10-11-12-13-21-17(14-15(2)3)19(23)18(16(4)22)20(21)24/h15,17,23H,5-14H2,1-4H3/t17-/m1/s1. The maximum absolute atomic E-state index is 12.5. The Bertz CT molecular complexity index is 454. The monoisotopic (exact) mass is 337 g/mol. The minimum Gasteiger partial charge on any atom is -0.509 e. The zero-order valence-corrected chi connectivity index (χ0v) is 15.9. The Hall–Kier alpha value is -1.32. The van der Waals surface area contributed by atoms with Gasteiger partial charge in [-0.1, -0.05) is 65.7 Å². The first-order valence-corrected chi connectivity index (χ1v) is 9.65. The summed E-state index contributed by atoms with van der Waals surface area (Å²) in [5.41, 5.74) is 0.000200. The van der Waals surface area contributed by atoms with Gasteiger partial charge in [0.2, 0.25) is 0 Å². The molecule has 1 aliphatic rings. The summed E-state index contributed by atoms with van der Waals surface area (Å²) in [7, 11) is 0. The highest BCUT2D eigenvalue weighted by Gasteiger charge is 2.40. The Kier molecular flexibility index (Phi) is 9.09. The fourth-order valence-electron chi connectivity index (χ4n) is 3.40. The van der Waals surface area contributed by atoms with E-state index in [9.17, 15) is 14.7 Å². The summed E-state index contributed by atoms with van der Waals surface area (Å²) < 4.78 is 0. The van der Waals surface area contributed by atoms with Gasteiger partial charge in [-0.15, -0.1) is 0 Å². The summed E-state index contributed by atoms with van der Waals surface area (Å²) in [6.45, 7) is 8.34. The molecule has 1 N–H and O–H groups in total. The van der Waals surface area contributed by atoms with Gasteiger partial charge in [-0.05, 0) is 25.7 Å². The molecule has 0 saturated carbocycles. The lowest BCUT2D eigenvalue weighted by Gasteiger charge is -2.26. The molecule has 0 saturated heterocycles. The molecule has 138 valence electrons. The molecule has 0 aliphatic carbocycles. The third-order valence-corrected chi connectivity index (χ3v) is 4.72. The van der Waals surface area contributed by atoms with E-state index in [-0.39, 0.29) is 29.1 Å². The van der Waals surface area contributed by atoms with Crippen LogP contribution < -0.4 is 0 Å². The summed E-state index contributed by atoms with van der Waals surface area (Å²) in [5.74, 6) is -0.267. The van der Waals surface area contributed by atoms with Crippen molar-refractivity contribution in [1.82, 2.24) is 4.90 Å². The molecule has 0 aromatic rings. The van der Waals surface area contributed by atoms with Crippen LogP contribution in [0.25, 0.3) is 0 Å². The fourth-order valence-corrected chi connectivity index (χ4v) is 3.40. The van der Waals surface area contributed by atoms with E-state index >= 15 is 0 Å². The van der Waals surface area contributed by atoms with Crippen molar-refractivity contribution in [2.45, 2.75) is 91.5 Å². The number of carbonyl (C=O) groups excluding carboxylic acids is 2. The number of Topliss-reactive ketones (excluding diaryl/α,β-unsaturated/α-hetero) is 1. The lowest BCUT2D eigenvalue weighted by molar-refractivity contribution is -0.129. The zero-order valence-electron chi connectivity index (χ0n) is 15.9. The van der Waals surface area contributed by atoms with Crippen molar-refractivity contribution in [1.29, 1.82) is 0 Å². The number of amides is 1. The van der Waals surface area contributed by atoms with Gasteiger partial charge in [0.15, 0.2) is 5.78 Å². The average molecular weight is 338 g/mol. The molecule has 24 heavy (non-hydrogen) atoms. The Morgan fingerprint density at radius 1 is 1.08 bits per heavy atom. The predicted molar refractivity (Wildman–Crippen MR) is 97.9 cm³/mol. The first-order chi connectivity index (χ1) is 11.4. The third-order valence-electron chi connectivity index (χ3n) is 4.72. The van der Waals surface area contributed by atoms with Gasteiger partial charge < -0.3 is 10.0 Å². The summed E-state index contributed by atoms with van der Waals surface area (Å²) >= 11 is 0. The SMILES string of the molecule is CCCCCCCCCCN1C(=O)C(C(C)=O)=C(O)[C@H]1CC(C)C. The van der Waals surface area contributed by atoms with Crippen molar-refractivity contribution < 1.29 is 14.7 Å². The van der Waals surface area contributed by atoms with Gasteiger partial charge in [0.1, 0.15) is 11.3 Å². The van der Waals surface area contributed by atoms with Crippen LogP contribution in [0.2, 0.25) is 0 Å². The highest BCUT2D eigenvalue weighted by molar-refractivity contribution is 6.20. The normalized spacial score (nSPS) is 18.1. The topological polar surface area (TPSA) is 57.6 Å². The van der Waals surface area contributed by atoms with Gasteiger partial charge in [-0.25, -0.2) is 0 Å². The molecule has 0 bridgehead atoms. The number of hydrogen-bond acceptors (Lipinski definition) is 3. The van der Waals surface area contributed by atoms with E-state index in [0.29, 0.717) is 18.9 Å². The van der Waals surface area contributed by atoms with E-state index in [1.165, 1.54) is 45.4 Å². The molecule has 1 amide bonds. The van der Waals surface area contributed by atoms with Crippen molar-refractivity contribution in [3.63, 3.8) is 0 Å². The number of aliphatic hydroxyl groups excluding tert-OH is 1. The second-order valence-corrected chi connectivity index (χ2v) is 7.44. The molecule has 0 fully saturated rings. The van der Waals surface area contributed by atoms with Gasteiger partial charge in [0, 0.05) is 6.54 Å². The van der Waals surface area contributed by atoms with E-state index in [1.807, 2.05) is 0 Å². The molecule has 0 spiro atoms. The van der Waals surface area contributed by atoms with E-state index in [1.54, 1.807) is 4.90 Å². The van der Waals surface area contributed by atoms with Crippen molar-refractivity contribution in [3.05, 3.63) is 11.3 Å². The van der Waals surface area contributed by atoms with Gasteiger partial charge in [0.25, 0.3) is 5.91 Å². The molecule has 1 atom stereocenters. The molecular weight excluding hydrogens is 302 g/mol. The van der Waals surface area contributed by atoms with Crippen LogP contribution in [0.1, 0.15) is 85.5 Å². The number of carbonyl (C=O) groups is 2.